The van der Waals surface area contributed by atoms with Crippen LogP contribution in [0, 0.1) is 11.3 Å². The van der Waals surface area contributed by atoms with Gasteiger partial charge in [0.2, 0.25) is 0 Å². The molecule has 0 aromatic heterocycles. The number of carboxylic acid groups (broad SMARTS) is 1. The second-order valence-corrected chi connectivity index (χ2v) is 5.70. The molecule has 5 nitrogen and oxygen atoms in total. The summed E-state index contributed by atoms with van der Waals surface area (Å²) in [6, 6.07) is 7.90. The van der Waals surface area contributed by atoms with Crippen molar-refractivity contribution in [2.45, 2.75) is 6.42 Å². The summed E-state index contributed by atoms with van der Waals surface area (Å²) >= 11 is 3.37. The van der Waals surface area contributed by atoms with Gasteiger partial charge in [-0.05, 0) is 24.6 Å². The van der Waals surface area contributed by atoms with Crippen LogP contribution in [0.25, 0.3) is 0 Å². The van der Waals surface area contributed by atoms with Crippen molar-refractivity contribution < 1.29 is 9.90 Å². The van der Waals surface area contributed by atoms with Crippen LogP contribution in [-0.2, 0) is 4.79 Å². The van der Waals surface area contributed by atoms with Gasteiger partial charge in [-0.3, -0.25) is 9.69 Å². The maximum atomic E-state index is 10.8. The van der Waals surface area contributed by atoms with Crippen molar-refractivity contribution in [3.8, 4) is 6.07 Å². The largest absolute Gasteiger partial charge is 0.480 e. The van der Waals surface area contributed by atoms with E-state index in [-0.39, 0.29) is 6.54 Å². The van der Waals surface area contributed by atoms with E-state index in [0.717, 1.165) is 36.2 Å². The zero-order valence-corrected chi connectivity index (χ0v) is 12.6. The van der Waals surface area contributed by atoms with Crippen LogP contribution in [0.5, 0.6) is 0 Å². The van der Waals surface area contributed by atoms with Crippen molar-refractivity contribution in [1.82, 2.24) is 4.90 Å². The number of anilines is 1. The molecule has 106 valence electrons. The Bertz CT molecular complexity index is 542. The number of nitriles is 1. The van der Waals surface area contributed by atoms with Gasteiger partial charge in [-0.25, -0.2) is 0 Å². The number of carboxylic acids is 1. The Balaban J connectivity index is 2.11. The molecule has 1 aromatic rings. The van der Waals surface area contributed by atoms with Gasteiger partial charge in [-0.15, -0.1) is 0 Å². The molecular formula is C14H16BrN3O2. The van der Waals surface area contributed by atoms with E-state index in [1.165, 1.54) is 0 Å². The molecule has 6 heteroatoms. The molecule has 0 amide bonds. The third-order valence-corrected chi connectivity index (χ3v) is 3.86. The van der Waals surface area contributed by atoms with E-state index in [0.29, 0.717) is 12.1 Å². The summed E-state index contributed by atoms with van der Waals surface area (Å²) in [7, 11) is 0. The normalized spacial score (nSPS) is 16.5. The van der Waals surface area contributed by atoms with Crippen molar-refractivity contribution in [2.24, 2.45) is 0 Å². The SMILES string of the molecule is N#Cc1cc(Br)ccc1N1CCCN(CC(=O)O)CC1. The highest BCUT2D eigenvalue weighted by Gasteiger charge is 2.18. The first kappa shape index (κ1) is 14.8. The van der Waals surface area contributed by atoms with E-state index in [2.05, 4.69) is 26.9 Å². The van der Waals surface area contributed by atoms with Crippen LogP contribution in [0.15, 0.2) is 22.7 Å². The maximum absolute atomic E-state index is 10.8. The van der Waals surface area contributed by atoms with Gasteiger partial charge in [0.05, 0.1) is 17.8 Å². The van der Waals surface area contributed by atoms with Crippen molar-refractivity contribution >= 4 is 27.6 Å². The fourth-order valence-corrected chi connectivity index (χ4v) is 2.80. The predicted molar refractivity (Wildman–Crippen MR) is 79.8 cm³/mol. The first-order valence-corrected chi connectivity index (χ1v) is 7.28. The lowest BCUT2D eigenvalue weighted by atomic mass is 10.1. The zero-order valence-electron chi connectivity index (χ0n) is 11.0. The molecule has 2 rings (SSSR count). The van der Waals surface area contributed by atoms with Crippen LogP contribution in [0.2, 0.25) is 0 Å². The Morgan fingerprint density at radius 1 is 1.35 bits per heavy atom. The molecule has 0 spiro atoms. The minimum absolute atomic E-state index is 0.0826. The van der Waals surface area contributed by atoms with Crippen LogP contribution in [0.3, 0.4) is 0 Å². The van der Waals surface area contributed by atoms with Gasteiger partial charge in [-0.1, -0.05) is 15.9 Å². The molecule has 20 heavy (non-hydrogen) atoms. The lowest BCUT2D eigenvalue weighted by molar-refractivity contribution is -0.138. The Morgan fingerprint density at radius 2 is 2.15 bits per heavy atom. The molecule has 1 fully saturated rings. The number of aliphatic carboxylic acids is 1. The molecular weight excluding hydrogens is 322 g/mol. The van der Waals surface area contributed by atoms with Crippen LogP contribution >= 0.6 is 15.9 Å². The van der Waals surface area contributed by atoms with Crippen molar-refractivity contribution in [1.29, 1.82) is 5.26 Å². The van der Waals surface area contributed by atoms with Gasteiger partial charge in [0.25, 0.3) is 0 Å². The van der Waals surface area contributed by atoms with Crippen molar-refractivity contribution in [2.75, 3.05) is 37.6 Å². The smallest absolute Gasteiger partial charge is 0.317 e. The minimum atomic E-state index is -0.792. The van der Waals surface area contributed by atoms with Gasteiger partial charge in [0.1, 0.15) is 6.07 Å². The molecule has 0 unspecified atom stereocenters. The lowest BCUT2D eigenvalue weighted by Gasteiger charge is -2.24. The van der Waals surface area contributed by atoms with Crippen LogP contribution in [-0.4, -0.2) is 48.7 Å². The number of benzene rings is 1. The molecule has 0 saturated carbocycles. The third-order valence-electron chi connectivity index (χ3n) is 3.37. The quantitative estimate of drug-likeness (QED) is 0.912. The Hall–Kier alpha value is -1.58. The summed E-state index contributed by atoms with van der Waals surface area (Å²) in [4.78, 5) is 14.9. The third kappa shape index (κ3) is 3.71. The van der Waals surface area contributed by atoms with E-state index in [9.17, 15) is 10.1 Å². The number of hydrogen-bond acceptors (Lipinski definition) is 4. The van der Waals surface area contributed by atoms with Gasteiger partial charge < -0.3 is 10.0 Å². The highest BCUT2D eigenvalue weighted by Crippen LogP contribution is 2.25. The van der Waals surface area contributed by atoms with E-state index in [1.807, 2.05) is 23.1 Å². The van der Waals surface area contributed by atoms with E-state index >= 15 is 0 Å². The number of nitrogens with zero attached hydrogens (tertiary/aromatic N) is 3. The van der Waals surface area contributed by atoms with Gasteiger partial charge >= 0.3 is 5.97 Å². The standard InChI is InChI=1S/C14H16BrN3O2/c15-12-2-3-13(11(8-12)9-16)18-5-1-4-17(6-7-18)10-14(19)20/h2-3,8H,1,4-7,10H2,(H,19,20). The van der Waals surface area contributed by atoms with E-state index in [1.54, 1.807) is 0 Å². The average Bonchev–Trinajstić information content (AvgIpc) is 2.63. The molecule has 0 radical (unpaired) electrons. The Kier molecular flexibility index (Phi) is 4.99. The Labute approximate surface area is 126 Å². The number of carbonyl (C=O) groups is 1. The molecule has 1 aliphatic heterocycles. The van der Waals surface area contributed by atoms with Gasteiger partial charge in [0, 0.05) is 30.7 Å². The average molecular weight is 338 g/mol. The first-order valence-electron chi connectivity index (χ1n) is 6.49. The summed E-state index contributed by atoms with van der Waals surface area (Å²) in [6.45, 7) is 3.14. The monoisotopic (exact) mass is 337 g/mol. The van der Waals surface area contributed by atoms with E-state index < -0.39 is 5.97 Å². The highest BCUT2D eigenvalue weighted by molar-refractivity contribution is 9.10. The molecule has 1 saturated heterocycles. The summed E-state index contributed by atoms with van der Waals surface area (Å²) in [5.41, 5.74) is 1.57. The summed E-state index contributed by atoms with van der Waals surface area (Å²) in [6.07, 6.45) is 0.897. The number of hydrogen-bond donors (Lipinski definition) is 1. The molecule has 1 N–H and O–H groups in total. The fraction of sp³-hybridized carbons (Fsp3) is 0.429. The number of rotatable bonds is 3. The summed E-state index contributed by atoms with van der Waals surface area (Å²) in [5.74, 6) is -0.792. The van der Waals surface area contributed by atoms with Crippen molar-refractivity contribution in [3.05, 3.63) is 28.2 Å². The topological polar surface area (TPSA) is 67.6 Å². The molecule has 1 aliphatic rings. The van der Waals surface area contributed by atoms with Gasteiger partial charge in [-0.2, -0.15) is 5.26 Å². The van der Waals surface area contributed by atoms with Crippen LogP contribution in [0.1, 0.15) is 12.0 Å². The maximum Gasteiger partial charge on any atom is 0.317 e. The second-order valence-electron chi connectivity index (χ2n) is 4.78. The number of halogens is 1. The van der Waals surface area contributed by atoms with E-state index in [4.69, 9.17) is 5.11 Å². The first-order chi connectivity index (χ1) is 9.60. The van der Waals surface area contributed by atoms with Crippen molar-refractivity contribution in [3.63, 3.8) is 0 Å². The summed E-state index contributed by atoms with van der Waals surface area (Å²) < 4.78 is 0.889. The molecule has 0 aliphatic carbocycles. The minimum Gasteiger partial charge on any atom is -0.480 e. The Morgan fingerprint density at radius 3 is 2.85 bits per heavy atom. The van der Waals surface area contributed by atoms with Crippen LogP contribution < -0.4 is 4.90 Å². The molecule has 1 aromatic carbocycles. The second kappa shape index (κ2) is 6.73. The summed E-state index contributed by atoms with van der Waals surface area (Å²) in [5, 5.41) is 18.1. The fourth-order valence-electron chi connectivity index (χ4n) is 2.43. The molecule has 0 bridgehead atoms. The zero-order chi connectivity index (χ0) is 14.5. The lowest BCUT2D eigenvalue weighted by Crippen LogP contribution is -2.34. The molecule has 0 atom stereocenters. The predicted octanol–water partition coefficient (Wildman–Crippen LogP) is 1.92. The van der Waals surface area contributed by atoms with Crippen LogP contribution in [0.4, 0.5) is 5.69 Å². The highest BCUT2D eigenvalue weighted by atomic mass is 79.9. The van der Waals surface area contributed by atoms with Gasteiger partial charge in [0.15, 0.2) is 0 Å². The molecule has 1 heterocycles.